The minimum atomic E-state index is 0.512. The molecule has 17 heavy (non-hydrogen) atoms. The lowest BCUT2D eigenvalue weighted by Gasteiger charge is -2.11. The molecule has 0 fully saturated rings. The lowest BCUT2D eigenvalue weighted by Crippen LogP contribution is -2.06. The Morgan fingerprint density at radius 1 is 1.18 bits per heavy atom. The Labute approximate surface area is 102 Å². The Hall–Kier alpha value is -1.61. The average molecular weight is 229 g/mol. The van der Waals surface area contributed by atoms with Crippen LogP contribution >= 0.6 is 0 Å². The number of hydrogen-bond donors (Lipinski definition) is 1. The van der Waals surface area contributed by atoms with Gasteiger partial charge in [0, 0.05) is 19.2 Å². The van der Waals surface area contributed by atoms with E-state index in [9.17, 15) is 0 Å². The van der Waals surface area contributed by atoms with Gasteiger partial charge in [0.2, 0.25) is 0 Å². The van der Waals surface area contributed by atoms with Crippen molar-refractivity contribution < 1.29 is 0 Å². The molecule has 0 aliphatic rings. The summed E-state index contributed by atoms with van der Waals surface area (Å²) in [7, 11) is 1.94. The maximum atomic E-state index is 5.80. The maximum absolute atomic E-state index is 5.80. The van der Waals surface area contributed by atoms with Crippen LogP contribution in [0.25, 0.3) is 11.1 Å². The summed E-state index contributed by atoms with van der Waals surface area (Å²) in [6.45, 7) is 6.92. The van der Waals surface area contributed by atoms with E-state index in [2.05, 4.69) is 38.0 Å². The molecule has 0 radical (unpaired) electrons. The second-order valence-corrected chi connectivity index (χ2v) is 4.61. The highest BCUT2D eigenvalue weighted by Crippen LogP contribution is 2.30. The number of rotatable bonds is 2. The van der Waals surface area contributed by atoms with Crippen LogP contribution in [0.4, 0.5) is 0 Å². The van der Waals surface area contributed by atoms with Gasteiger partial charge < -0.3 is 5.73 Å². The van der Waals surface area contributed by atoms with Crippen molar-refractivity contribution in [2.75, 3.05) is 0 Å². The molecule has 3 heteroatoms. The van der Waals surface area contributed by atoms with Gasteiger partial charge in [0.15, 0.2) is 0 Å². The van der Waals surface area contributed by atoms with Crippen molar-refractivity contribution in [1.29, 1.82) is 0 Å². The van der Waals surface area contributed by atoms with Crippen LogP contribution in [0, 0.1) is 20.8 Å². The first-order valence-electron chi connectivity index (χ1n) is 5.83. The average Bonchev–Trinajstić information content (AvgIpc) is 2.58. The molecule has 0 amide bonds. The van der Waals surface area contributed by atoms with Crippen LogP contribution in [0.1, 0.15) is 22.4 Å². The molecule has 3 nitrogen and oxygen atoms in total. The zero-order valence-corrected chi connectivity index (χ0v) is 10.9. The topological polar surface area (TPSA) is 43.8 Å². The monoisotopic (exact) mass is 229 g/mol. The molecule has 0 spiro atoms. The van der Waals surface area contributed by atoms with Crippen LogP contribution in [0.15, 0.2) is 18.3 Å². The number of aromatic nitrogens is 2. The zero-order chi connectivity index (χ0) is 12.6. The first-order valence-corrected chi connectivity index (χ1v) is 5.83. The molecule has 0 aliphatic carbocycles. The molecule has 2 rings (SSSR count). The van der Waals surface area contributed by atoms with Gasteiger partial charge in [0.05, 0.1) is 11.9 Å². The molecule has 2 aromatic rings. The predicted octanol–water partition coefficient (Wildman–Crippen LogP) is 2.47. The first kappa shape index (κ1) is 11.9. The summed E-state index contributed by atoms with van der Waals surface area (Å²) < 4.78 is 1.86. The molecule has 1 aromatic carbocycles. The molecular formula is C14H19N3. The molecule has 0 atom stereocenters. The Morgan fingerprint density at radius 3 is 2.29 bits per heavy atom. The highest BCUT2D eigenvalue weighted by atomic mass is 15.3. The van der Waals surface area contributed by atoms with Gasteiger partial charge in [-0.1, -0.05) is 17.7 Å². The van der Waals surface area contributed by atoms with Gasteiger partial charge in [0.25, 0.3) is 0 Å². The molecule has 90 valence electrons. The van der Waals surface area contributed by atoms with Crippen LogP contribution < -0.4 is 5.73 Å². The van der Waals surface area contributed by atoms with E-state index < -0.39 is 0 Å². The van der Waals surface area contributed by atoms with Gasteiger partial charge in [0.1, 0.15) is 0 Å². The summed E-state index contributed by atoms with van der Waals surface area (Å²) in [5.41, 5.74) is 13.2. The maximum Gasteiger partial charge on any atom is 0.0595 e. The standard InChI is InChI=1S/C14H19N3/c1-9-5-10(2)14(11(3)6-9)12-8-16-17(4)13(12)7-15/h5-6,8H,7,15H2,1-4H3. The number of benzene rings is 1. The van der Waals surface area contributed by atoms with E-state index >= 15 is 0 Å². The largest absolute Gasteiger partial charge is 0.325 e. The van der Waals surface area contributed by atoms with Gasteiger partial charge >= 0.3 is 0 Å². The minimum Gasteiger partial charge on any atom is -0.325 e. The SMILES string of the molecule is Cc1cc(C)c(-c2cnn(C)c2CN)c(C)c1. The molecule has 0 saturated heterocycles. The fourth-order valence-corrected chi connectivity index (χ4v) is 2.52. The van der Waals surface area contributed by atoms with Crippen LogP contribution in [0.5, 0.6) is 0 Å². The number of nitrogens with two attached hydrogens (primary N) is 1. The van der Waals surface area contributed by atoms with Gasteiger partial charge in [-0.25, -0.2) is 0 Å². The van der Waals surface area contributed by atoms with E-state index in [0.29, 0.717) is 6.54 Å². The van der Waals surface area contributed by atoms with Crippen LogP contribution in [0.3, 0.4) is 0 Å². The quantitative estimate of drug-likeness (QED) is 0.859. The van der Waals surface area contributed by atoms with Crippen molar-refractivity contribution >= 4 is 0 Å². The van der Waals surface area contributed by atoms with Crippen LogP contribution in [-0.4, -0.2) is 9.78 Å². The fourth-order valence-electron chi connectivity index (χ4n) is 2.52. The predicted molar refractivity (Wildman–Crippen MR) is 70.7 cm³/mol. The molecule has 0 bridgehead atoms. The van der Waals surface area contributed by atoms with Gasteiger partial charge in [-0.05, 0) is 37.5 Å². The molecule has 0 saturated carbocycles. The third-order valence-corrected chi connectivity index (χ3v) is 3.20. The molecular weight excluding hydrogens is 210 g/mol. The number of aryl methyl sites for hydroxylation is 4. The van der Waals surface area contributed by atoms with Crippen LogP contribution in [0.2, 0.25) is 0 Å². The van der Waals surface area contributed by atoms with Crippen LogP contribution in [-0.2, 0) is 13.6 Å². The van der Waals surface area contributed by atoms with Gasteiger partial charge in [-0.2, -0.15) is 5.10 Å². The van der Waals surface area contributed by atoms with E-state index in [4.69, 9.17) is 5.73 Å². The lowest BCUT2D eigenvalue weighted by atomic mass is 9.94. The normalized spacial score (nSPS) is 10.9. The van der Waals surface area contributed by atoms with Crippen molar-refractivity contribution in [3.8, 4) is 11.1 Å². The molecule has 0 unspecified atom stereocenters. The minimum absolute atomic E-state index is 0.512. The third-order valence-electron chi connectivity index (χ3n) is 3.20. The Kier molecular flexibility index (Phi) is 3.03. The van der Waals surface area contributed by atoms with Crippen molar-refractivity contribution in [3.63, 3.8) is 0 Å². The lowest BCUT2D eigenvalue weighted by molar-refractivity contribution is 0.712. The Morgan fingerprint density at radius 2 is 1.76 bits per heavy atom. The van der Waals surface area contributed by atoms with Gasteiger partial charge in [-0.3, -0.25) is 4.68 Å². The molecule has 1 heterocycles. The summed E-state index contributed by atoms with van der Waals surface area (Å²) >= 11 is 0. The van der Waals surface area contributed by atoms with Crippen molar-refractivity contribution in [3.05, 3.63) is 40.7 Å². The summed E-state index contributed by atoms with van der Waals surface area (Å²) in [6, 6.07) is 4.41. The summed E-state index contributed by atoms with van der Waals surface area (Å²) in [5, 5.41) is 4.31. The summed E-state index contributed by atoms with van der Waals surface area (Å²) in [6.07, 6.45) is 1.91. The highest BCUT2D eigenvalue weighted by molar-refractivity contribution is 5.72. The number of nitrogens with zero attached hydrogens (tertiary/aromatic N) is 2. The Balaban J connectivity index is 2.68. The highest BCUT2D eigenvalue weighted by Gasteiger charge is 2.13. The molecule has 2 N–H and O–H groups in total. The Bertz CT molecular complexity index is 530. The number of hydrogen-bond acceptors (Lipinski definition) is 2. The zero-order valence-electron chi connectivity index (χ0n) is 10.9. The van der Waals surface area contributed by atoms with E-state index in [0.717, 1.165) is 11.3 Å². The van der Waals surface area contributed by atoms with E-state index in [1.807, 2.05) is 17.9 Å². The van der Waals surface area contributed by atoms with E-state index in [1.165, 1.54) is 22.3 Å². The van der Waals surface area contributed by atoms with E-state index in [-0.39, 0.29) is 0 Å². The summed E-state index contributed by atoms with van der Waals surface area (Å²) in [4.78, 5) is 0. The smallest absolute Gasteiger partial charge is 0.0595 e. The molecule has 1 aromatic heterocycles. The van der Waals surface area contributed by atoms with Crippen molar-refractivity contribution in [1.82, 2.24) is 9.78 Å². The van der Waals surface area contributed by atoms with Gasteiger partial charge in [-0.15, -0.1) is 0 Å². The fraction of sp³-hybridized carbons (Fsp3) is 0.357. The second kappa shape index (κ2) is 4.34. The summed E-state index contributed by atoms with van der Waals surface area (Å²) in [5.74, 6) is 0. The first-order chi connectivity index (χ1) is 8.04. The van der Waals surface area contributed by atoms with Crippen molar-refractivity contribution in [2.45, 2.75) is 27.3 Å². The van der Waals surface area contributed by atoms with E-state index in [1.54, 1.807) is 0 Å². The molecule has 0 aliphatic heterocycles. The third kappa shape index (κ3) is 1.98. The van der Waals surface area contributed by atoms with Crippen molar-refractivity contribution in [2.24, 2.45) is 12.8 Å². The second-order valence-electron chi connectivity index (χ2n) is 4.61.